The number of aryl methyl sites for hydroxylation is 1. The molecule has 5 rings (SSSR count). The van der Waals surface area contributed by atoms with Crippen molar-refractivity contribution >= 4 is 16.3 Å². The summed E-state index contributed by atoms with van der Waals surface area (Å²) in [5, 5.41) is 15.5. The Morgan fingerprint density at radius 3 is 2.24 bits per heavy atom. The number of aromatic hydroxyl groups is 1. The highest BCUT2D eigenvalue weighted by Gasteiger charge is 2.31. The van der Waals surface area contributed by atoms with E-state index in [9.17, 15) is 5.11 Å². The lowest BCUT2D eigenvalue weighted by Gasteiger charge is -2.39. The number of nitrogens with zero attached hydrogens (tertiary/aromatic N) is 5. The van der Waals surface area contributed by atoms with E-state index in [-0.39, 0.29) is 11.9 Å². The summed E-state index contributed by atoms with van der Waals surface area (Å²) in [7, 11) is 0. The summed E-state index contributed by atoms with van der Waals surface area (Å²) in [6, 6.07) is 19.5. The average Bonchev–Trinajstić information content (AvgIpc) is 3.33. The van der Waals surface area contributed by atoms with E-state index >= 15 is 0 Å². The summed E-state index contributed by atoms with van der Waals surface area (Å²) >= 11 is 1.54. The Labute approximate surface area is 199 Å². The van der Waals surface area contributed by atoms with Crippen LogP contribution in [0.25, 0.3) is 4.96 Å². The third kappa shape index (κ3) is 4.53. The Bertz CT molecular complexity index is 1210. The van der Waals surface area contributed by atoms with Crippen LogP contribution < -0.4 is 0 Å². The molecular formula is C26H31N5OS. The van der Waals surface area contributed by atoms with Gasteiger partial charge < -0.3 is 5.11 Å². The molecule has 1 aliphatic rings. The Hall–Kier alpha value is -2.74. The lowest BCUT2D eigenvalue weighted by molar-refractivity contribution is 0.105. The molecule has 0 saturated carbocycles. The van der Waals surface area contributed by atoms with E-state index < -0.39 is 0 Å². The van der Waals surface area contributed by atoms with Crippen LogP contribution in [0, 0.1) is 6.92 Å². The summed E-state index contributed by atoms with van der Waals surface area (Å²) in [6.45, 7) is 11.1. The lowest BCUT2D eigenvalue weighted by Crippen LogP contribution is -2.47. The molecule has 0 spiro atoms. The molecule has 1 fully saturated rings. The Morgan fingerprint density at radius 1 is 0.939 bits per heavy atom. The molecular weight excluding hydrogens is 430 g/mol. The van der Waals surface area contributed by atoms with Crippen molar-refractivity contribution in [1.29, 1.82) is 0 Å². The SMILES string of the molecule is Cc1nc2sc(C(c3ccc(C(C)C)cc3)N3CCN(Cc4ccccc4)CC3)c(O)n2n1. The van der Waals surface area contributed by atoms with E-state index in [2.05, 4.69) is 88.3 Å². The number of piperazine rings is 1. The highest BCUT2D eigenvalue weighted by Crippen LogP contribution is 2.40. The van der Waals surface area contributed by atoms with Gasteiger partial charge in [-0.3, -0.25) is 9.80 Å². The maximum absolute atomic E-state index is 11.1. The van der Waals surface area contributed by atoms with Gasteiger partial charge in [-0.15, -0.1) is 5.10 Å². The first-order valence-corrected chi connectivity index (χ1v) is 12.5. The van der Waals surface area contributed by atoms with Crippen LogP contribution in [0.3, 0.4) is 0 Å². The predicted molar refractivity (Wildman–Crippen MR) is 133 cm³/mol. The van der Waals surface area contributed by atoms with Gasteiger partial charge in [-0.25, -0.2) is 4.98 Å². The smallest absolute Gasteiger partial charge is 0.230 e. The standard InChI is InChI=1S/C26H31N5OS/c1-18(2)21-9-11-22(12-10-21)23(24-25(32)31-26(33-24)27-19(3)28-31)30-15-13-29(14-16-30)17-20-7-5-4-6-8-20/h4-12,18,23,32H,13-17H2,1-3H3. The van der Waals surface area contributed by atoms with Gasteiger partial charge in [-0.05, 0) is 29.5 Å². The molecule has 3 heterocycles. The molecule has 2 aromatic carbocycles. The van der Waals surface area contributed by atoms with E-state index in [1.807, 2.05) is 6.92 Å². The van der Waals surface area contributed by atoms with Crippen LogP contribution in [0.2, 0.25) is 0 Å². The number of fused-ring (bicyclic) bond motifs is 1. The van der Waals surface area contributed by atoms with Gasteiger partial charge >= 0.3 is 0 Å². The molecule has 1 saturated heterocycles. The fourth-order valence-electron chi connectivity index (χ4n) is 4.64. The average molecular weight is 462 g/mol. The van der Waals surface area contributed by atoms with Crippen LogP contribution in [-0.4, -0.2) is 55.7 Å². The molecule has 33 heavy (non-hydrogen) atoms. The minimum atomic E-state index is -0.0149. The Morgan fingerprint density at radius 2 is 1.61 bits per heavy atom. The second-order valence-electron chi connectivity index (χ2n) is 9.16. The van der Waals surface area contributed by atoms with Crippen LogP contribution >= 0.6 is 11.3 Å². The normalized spacial score (nSPS) is 16.6. The fourth-order valence-corrected chi connectivity index (χ4v) is 5.80. The molecule has 0 radical (unpaired) electrons. The van der Waals surface area contributed by atoms with Crippen LogP contribution in [0.4, 0.5) is 0 Å². The number of hydrogen-bond donors (Lipinski definition) is 1. The highest BCUT2D eigenvalue weighted by molar-refractivity contribution is 7.17. The monoisotopic (exact) mass is 461 g/mol. The fraction of sp³-hybridized carbons (Fsp3) is 0.385. The van der Waals surface area contributed by atoms with E-state index in [1.165, 1.54) is 28.0 Å². The van der Waals surface area contributed by atoms with Gasteiger partial charge in [-0.2, -0.15) is 4.52 Å². The molecule has 1 N–H and O–H groups in total. The summed E-state index contributed by atoms with van der Waals surface area (Å²) < 4.78 is 1.58. The highest BCUT2D eigenvalue weighted by atomic mass is 32.1. The number of benzene rings is 2. The van der Waals surface area contributed by atoms with Crippen molar-refractivity contribution in [3.63, 3.8) is 0 Å². The topological polar surface area (TPSA) is 56.9 Å². The van der Waals surface area contributed by atoms with Crippen LogP contribution in [-0.2, 0) is 6.54 Å². The zero-order chi connectivity index (χ0) is 22.9. The van der Waals surface area contributed by atoms with Crippen molar-refractivity contribution in [3.05, 3.63) is 82.0 Å². The zero-order valence-electron chi connectivity index (χ0n) is 19.5. The summed E-state index contributed by atoms with van der Waals surface area (Å²) in [4.78, 5) is 11.2. The minimum absolute atomic E-state index is 0.0149. The van der Waals surface area contributed by atoms with Crippen molar-refractivity contribution in [2.24, 2.45) is 0 Å². The molecule has 2 aromatic heterocycles. The quantitative estimate of drug-likeness (QED) is 0.445. The van der Waals surface area contributed by atoms with Crippen molar-refractivity contribution in [3.8, 4) is 5.88 Å². The number of hydrogen-bond acceptors (Lipinski definition) is 6. The summed E-state index contributed by atoms with van der Waals surface area (Å²) in [5.74, 6) is 1.38. The molecule has 1 unspecified atom stereocenters. The Kier molecular flexibility index (Phi) is 6.19. The van der Waals surface area contributed by atoms with E-state index in [0.29, 0.717) is 11.7 Å². The van der Waals surface area contributed by atoms with Crippen LogP contribution in [0.5, 0.6) is 5.88 Å². The first kappa shape index (κ1) is 22.1. The van der Waals surface area contributed by atoms with Crippen LogP contribution in [0.1, 0.15) is 53.2 Å². The van der Waals surface area contributed by atoms with Crippen molar-refractivity contribution in [2.75, 3.05) is 26.2 Å². The van der Waals surface area contributed by atoms with Gasteiger partial charge in [0.2, 0.25) is 10.8 Å². The number of aromatic nitrogens is 3. The van der Waals surface area contributed by atoms with Gasteiger partial charge in [0.15, 0.2) is 0 Å². The molecule has 0 bridgehead atoms. The first-order valence-electron chi connectivity index (χ1n) is 11.6. The Balaban J connectivity index is 1.42. The van der Waals surface area contributed by atoms with Crippen molar-refractivity contribution in [2.45, 2.75) is 39.3 Å². The maximum atomic E-state index is 11.1. The largest absolute Gasteiger partial charge is 0.492 e. The van der Waals surface area contributed by atoms with Gasteiger partial charge in [0, 0.05) is 32.7 Å². The minimum Gasteiger partial charge on any atom is -0.492 e. The summed E-state index contributed by atoms with van der Waals surface area (Å²) in [5.41, 5.74) is 3.88. The molecule has 4 aromatic rings. The molecule has 1 atom stereocenters. The molecule has 0 aliphatic carbocycles. The van der Waals surface area contributed by atoms with E-state index in [4.69, 9.17) is 0 Å². The van der Waals surface area contributed by atoms with Gasteiger partial charge in [0.1, 0.15) is 5.82 Å². The predicted octanol–water partition coefficient (Wildman–Crippen LogP) is 4.84. The van der Waals surface area contributed by atoms with Gasteiger partial charge in [-0.1, -0.05) is 79.8 Å². The molecule has 7 heteroatoms. The molecule has 1 aliphatic heterocycles. The van der Waals surface area contributed by atoms with Gasteiger partial charge in [0.25, 0.3) is 0 Å². The molecule has 172 valence electrons. The van der Waals surface area contributed by atoms with Gasteiger partial charge in [0.05, 0.1) is 10.9 Å². The number of rotatable bonds is 6. The molecule has 6 nitrogen and oxygen atoms in total. The van der Waals surface area contributed by atoms with Crippen LogP contribution in [0.15, 0.2) is 54.6 Å². The van der Waals surface area contributed by atoms with E-state index in [0.717, 1.165) is 42.6 Å². The lowest BCUT2D eigenvalue weighted by atomic mass is 9.97. The first-order chi connectivity index (χ1) is 16.0. The molecule has 0 amide bonds. The second-order valence-corrected chi connectivity index (χ2v) is 10.2. The zero-order valence-corrected chi connectivity index (χ0v) is 20.3. The summed E-state index contributed by atoms with van der Waals surface area (Å²) in [6.07, 6.45) is 0. The second kappa shape index (κ2) is 9.25. The number of thiazole rings is 1. The maximum Gasteiger partial charge on any atom is 0.230 e. The third-order valence-corrected chi connectivity index (χ3v) is 7.57. The van der Waals surface area contributed by atoms with Crippen molar-refractivity contribution < 1.29 is 5.11 Å². The van der Waals surface area contributed by atoms with E-state index in [1.54, 1.807) is 4.52 Å². The third-order valence-electron chi connectivity index (χ3n) is 6.49. The van der Waals surface area contributed by atoms with Crippen molar-refractivity contribution in [1.82, 2.24) is 24.4 Å².